The molecule has 0 fully saturated rings. The Kier molecular flexibility index (Phi) is 8.97. The van der Waals surface area contributed by atoms with Crippen molar-refractivity contribution in [1.82, 2.24) is 0 Å². The maximum atomic E-state index is 14.7. The van der Waals surface area contributed by atoms with Gasteiger partial charge in [-0.15, -0.1) is 0 Å². The number of halogens is 11. The van der Waals surface area contributed by atoms with Crippen molar-refractivity contribution in [1.29, 1.82) is 0 Å². The highest BCUT2D eigenvalue weighted by atomic mass is 31.1. The van der Waals surface area contributed by atoms with Gasteiger partial charge in [-0.1, -0.05) is 39.5 Å². The van der Waals surface area contributed by atoms with Crippen LogP contribution in [0.2, 0.25) is 0 Å². The van der Waals surface area contributed by atoms with Crippen molar-refractivity contribution in [3.05, 3.63) is 29.1 Å². The first-order valence-corrected chi connectivity index (χ1v) is 10.6. The van der Waals surface area contributed by atoms with Gasteiger partial charge < -0.3 is 0 Å². The molecule has 1 unspecified atom stereocenters. The molecule has 0 N–H and O–H groups in total. The normalized spacial score (nSPS) is 14.3. The minimum absolute atomic E-state index is 0.0646. The molecule has 0 bridgehead atoms. The summed E-state index contributed by atoms with van der Waals surface area (Å²) in [6, 6.07) is 0. The predicted molar refractivity (Wildman–Crippen MR) is 91.5 cm³/mol. The third-order valence-electron chi connectivity index (χ3n) is 4.42. The molecular weight excluding hydrogens is 456 g/mol. The lowest BCUT2D eigenvalue weighted by Gasteiger charge is -2.37. The molecule has 1 aromatic carbocycles. The van der Waals surface area contributed by atoms with Gasteiger partial charge in [0.1, 0.15) is 0 Å². The second kappa shape index (κ2) is 10.0. The van der Waals surface area contributed by atoms with E-state index in [1.807, 2.05) is 0 Å². The molecular formula is C18H20F11P. The van der Waals surface area contributed by atoms with Crippen LogP contribution in [0.5, 0.6) is 0 Å². The fourth-order valence-corrected chi connectivity index (χ4v) is 5.17. The summed E-state index contributed by atoms with van der Waals surface area (Å²) in [5.41, 5.74) is -5.75. The average molecular weight is 476 g/mol. The van der Waals surface area contributed by atoms with E-state index in [1.165, 1.54) is 0 Å². The van der Waals surface area contributed by atoms with Crippen molar-refractivity contribution in [3.63, 3.8) is 0 Å². The van der Waals surface area contributed by atoms with E-state index in [-0.39, 0.29) is 6.42 Å². The Balaban J connectivity index is 3.51. The summed E-state index contributed by atoms with van der Waals surface area (Å²) in [4.78, 5) is 0. The molecule has 1 rings (SSSR count). The number of alkyl halides is 6. The number of hydrogen-bond acceptors (Lipinski definition) is 0. The Morgan fingerprint density at radius 1 is 0.633 bits per heavy atom. The number of hydrogen-bond donors (Lipinski definition) is 0. The monoisotopic (exact) mass is 476 g/mol. The summed E-state index contributed by atoms with van der Waals surface area (Å²) in [5.74, 6) is -24.7. The lowest BCUT2D eigenvalue weighted by Crippen LogP contribution is -2.54. The minimum Gasteiger partial charge on any atom is -0.203 e. The maximum Gasteiger partial charge on any atom is 0.376 e. The third kappa shape index (κ3) is 4.86. The van der Waals surface area contributed by atoms with Crippen LogP contribution in [0.1, 0.15) is 52.4 Å². The van der Waals surface area contributed by atoms with E-state index in [0.29, 0.717) is 12.8 Å². The standard InChI is InChI=1S/C18H20F11P/c1-3-5-6-7-8-16(24,25)17(26,27)18(28,29)30(9-4-2)15-13(22)11(20)10(19)12(21)14(15)23/h3-9H2,1-2H3. The Labute approximate surface area is 167 Å². The van der Waals surface area contributed by atoms with Crippen LogP contribution in [0.4, 0.5) is 48.3 Å². The van der Waals surface area contributed by atoms with Gasteiger partial charge in [0, 0.05) is 14.3 Å². The molecule has 1 atom stereocenters. The van der Waals surface area contributed by atoms with E-state index >= 15 is 0 Å². The number of unbranched alkanes of at least 4 members (excludes halogenated alkanes) is 3. The zero-order chi connectivity index (χ0) is 23.5. The van der Waals surface area contributed by atoms with Crippen LogP contribution in [0, 0.1) is 29.1 Å². The first-order chi connectivity index (χ1) is 13.7. The first kappa shape index (κ1) is 26.9. The van der Waals surface area contributed by atoms with Gasteiger partial charge in [-0.3, -0.25) is 0 Å². The Morgan fingerprint density at radius 3 is 1.53 bits per heavy atom. The van der Waals surface area contributed by atoms with Crippen LogP contribution < -0.4 is 5.30 Å². The van der Waals surface area contributed by atoms with Crippen LogP contribution in [0.25, 0.3) is 0 Å². The largest absolute Gasteiger partial charge is 0.376 e. The Bertz CT molecular complexity index is 704. The molecule has 0 saturated carbocycles. The molecule has 0 radical (unpaired) electrons. The van der Waals surface area contributed by atoms with Gasteiger partial charge in [0.05, 0.1) is 5.30 Å². The smallest absolute Gasteiger partial charge is 0.203 e. The Morgan fingerprint density at radius 2 is 1.10 bits per heavy atom. The van der Waals surface area contributed by atoms with E-state index in [1.54, 1.807) is 6.92 Å². The molecule has 0 saturated heterocycles. The minimum atomic E-state index is -6.08. The van der Waals surface area contributed by atoms with Crippen molar-refractivity contribution in [2.24, 2.45) is 0 Å². The van der Waals surface area contributed by atoms with Crippen molar-refractivity contribution < 1.29 is 48.3 Å². The topological polar surface area (TPSA) is 0 Å². The summed E-state index contributed by atoms with van der Waals surface area (Å²) in [6.45, 7) is 2.81. The van der Waals surface area contributed by atoms with Crippen LogP contribution in [0.15, 0.2) is 0 Å². The molecule has 0 amide bonds. The van der Waals surface area contributed by atoms with Gasteiger partial charge in [-0.2, -0.15) is 26.3 Å². The van der Waals surface area contributed by atoms with Gasteiger partial charge in [-0.25, -0.2) is 22.0 Å². The molecule has 0 aliphatic rings. The zero-order valence-corrected chi connectivity index (χ0v) is 16.9. The molecule has 0 spiro atoms. The molecule has 174 valence electrons. The molecule has 12 heteroatoms. The highest BCUT2D eigenvalue weighted by Gasteiger charge is 2.73. The van der Waals surface area contributed by atoms with Crippen LogP contribution in [-0.4, -0.2) is 23.7 Å². The first-order valence-electron chi connectivity index (χ1n) is 9.11. The average Bonchev–Trinajstić information content (AvgIpc) is 2.67. The molecule has 0 nitrogen and oxygen atoms in total. The summed E-state index contributed by atoms with van der Waals surface area (Å²) in [5, 5.41) is -2.17. The zero-order valence-electron chi connectivity index (χ0n) is 16.1. The summed E-state index contributed by atoms with van der Waals surface area (Å²) < 4.78 is 154. The third-order valence-corrected chi connectivity index (χ3v) is 7.21. The van der Waals surface area contributed by atoms with Crippen LogP contribution >= 0.6 is 7.92 Å². The van der Waals surface area contributed by atoms with Gasteiger partial charge in [0.25, 0.3) is 0 Å². The van der Waals surface area contributed by atoms with Crippen molar-refractivity contribution in [2.45, 2.75) is 69.9 Å². The van der Waals surface area contributed by atoms with Crippen molar-refractivity contribution in [3.8, 4) is 0 Å². The summed E-state index contributed by atoms with van der Waals surface area (Å²) >= 11 is 0. The number of benzene rings is 1. The molecule has 0 aliphatic carbocycles. The Hall–Kier alpha value is -1.12. The van der Waals surface area contributed by atoms with Gasteiger partial charge in [0.15, 0.2) is 23.3 Å². The molecule has 0 heterocycles. The van der Waals surface area contributed by atoms with Gasteiger partial charge in [-0.05, 0) is 12.6 Å². The highest BCUT2D eigenvalue weighted by Crippen LogP contribution is 2.63. The second-order valence-electron chi connectivity index (χ2n) is 6.70. The van der Waals surface area contributed by atoms with E-state index in [9.17, 15) is 48.3 Å². The highest BCUT2D eigenvalue weighted by molar-refractivity contribution is 7.66. The molecule has 30 heavy (non-hydrogen) atoms. The van der Waals surface area contributed by atoms with Crippen LogP contribution in [0.3, 0.4) is 0 Å². The van der Waals surface area contributed by atoms with Crippen molar-refractivity contribution in [2.75, 3.05) is 6.16 Å². The van der Waals surface area contributed by atoms with Gasteiger partial charge in [0.2, 0.25) is 5.82 Å². The lowest BCUT2D eigenvalue weighted by molar-refractivity contribution is -0.280. The van der Waals surface area contributed by atoms with E-state index in [0.717, 1.165) is 6.92 Å². The molecule has 0 aromatic heterocycles. The van der Waals surface area contributed by atoms with Gasteiger partial charge >= 0.3 is 17.5 Å². The molecule has 0 aliphatic heterocycles. The van der Waals surface area contributed by atoms with Crippen molar-refractivity contribution >= 4 is 13.2 Å². The van der Waals surface area contributed by atoms with E-state index in [2.05, 4.69) is 0 Å². The van der Waals surface area contributed by atoms with E-state index < -0.39 is 85.2 Å². The second-order valence-corrected chi connectivity index (χ2v) is 9.01. The summed E-state index contributed by atoms with van der Waals surface area (Å²) in [6.07, 6.45) is -2.75. The maximum absolute atomic E-state index is 14.7. The molecule has 1 aromatic rings. The SMILES string of the molecule is CCCCCCC(F)(F)C(F)(F)C(F)(F)P(CCC)c1c(F)c(F)c(F)c(F)c1F. The van der Waals surface area contributed by atoms with Crippen LogP contribution in [-0.2, 0) is 0 Å². The fraction of sp³-hybridized carbons (Fsp3) is 0.667. The predicted octanol–water partition coefficient (Wildman–Crippen LogP) is 7.73. The number of rotatable bonds is 11. The lowest BCUT2D eigenvalue weighted by atomic mass is 10.0. The summed E-state index contributed by atoms with van der Waals surface area (Å²) in [7, 11) is -4.22. The quantitative estimate of drug-likeness (QED) is 0.101. The van der Waals surface area contributed by atoms with E-state index in [4.69, 9.17) is 0 Å². The fourth-order valence-electron chi connectivity index (χ4n) is 2.77.